The van der Waals surface area contributed by atoms with Gasteiger partial charge in [0.05, 0.1) is 13.0 Å². The van der Waals surface area contributed by atoms with Crippen molar-refractivity contribution in [2.75, 3.05) is 19.8 Å². The Morgan fingerprint density at radius 1 is 0.863 bits per heavy atom. The van der Waals surface area contributed by atoms with Crippen LogP contribution in [0.5, 0.6) is 0 Å². The van der Waals surface area contributed by atoms with Gasteiger partial charge in [-0.1, -0.05) is 145 Å². The summed E-state index contributed by atoms with van der Waals surface area (Å²) in [6.07, 6.45) is 8.39. The molecule has 1 aliphatic rings. The molecular weight excluding hydrogens is 741 g/mol. The van der Waals surface area contributed by atoms with E-state index in [1.807, 2.05) is 0 Å². The Labute approximate surface area is 322 Å². The van der Waals surface area contributed by atoms with Crippen molar-refractivity contribution in [2.24, 2.45) is 0 Å². The zero-order chi connectivity index (χ0) is 38.3. The van der Waals surface area contributed by atoms with Crippen LogP contribution < -0.4 is 5.32 Å². The molecule has 1 unspecified atom stereocenters. The summed E-state index contributed by atoms with van der Waals surface area (Å²) >= 11 is 17.2. The van der Waals surface area contributed by atoms with E-state index >= 15 is 0 Å². The van der Waals surface area contributed by atoms with Crippen LogP contribution in [0, 0.1) is 0 Å². The highest BCUT2D eigenvalue weighted by molar-refractivity contribution is 6.76. The molecule has 0 aliphatic carbocycles. The van der Waals surface area contributed by atoms with Crippen LogP contribution in [-0.4, -0.2) is 96.7 Å². The molecule has 11 nitrogen and oxygen atoms in total. The summed E-state index contributed by atoms with van der Waals surface area (Å²) in [4.78, 5) is 39.1. The minimum Gasteiger partial charge on any atom is -0.462 e. The highest BCUT2D eigenvalue weighted by Gasteiger charge is 2.49. The molecule has 0 radical (unpaired) electrons. The fraction of sp³-hybridized carbons (Fsp3) is 0.917. The number of aliphatic hydroxyl groups excluding tert-OH is 2. The van der Waals surface area contributed by atoms with Crippen molar-refractivity contribution in [2.45, 2.75) is 189 Å². The van der Waals surface area contributed by atoms with E-state index in [2.05, 4.69) is 38.8 Å². The molecule has 1 aliphatic heterocycles. The van der Waals surface area contributed by atoms with E-state index < -0.39 is 73.9 Å². The number of carbonyl (C=O) groups excluding carboxylic acids is 3. The molecule has 0 bridgehead atoms. The lowest BCUT2D eigenvalue weighted by atomic mass is 9.96. The average molecular weight is 807 g/mol. The molecule has 3 N–H and O–H groups in total. The number of alkyl carbamates (subject to hydrolysis) is 1. The quantitative estimate of drug-likeness (QED) is 0.0243. The van der Waals surface area contributed by atoms with E-state index in [0.717, 1.165) is 57.4 Å². The van der Waals surface area contributed by atoms with Gasteiger partial charge in [-0.2, -0.15) is 0 Å². The Bertz CT molecular complexity index is 969. The third kappa shape index (κ3) is 23.5. The molecular formula is C36H66Cl3NO10Si. The molecule has 0 aromatic carbocycles. The normalized spacial score (nSPS) is 21.6. The molecule has 0 spiro atoms. The van der Waals surface area contributed by atoms with Gasteiger partial charge < -0.3 is 39.2 Å². The summed E-state index contributed by atoms with van der Waals surface area (Å²) in [6, 6.07) is -0.504. The van der Waals surface area contributed by atoms with Gasteiger partial charge in [-0.15, -0.1) is 0 Å². The van der Waals surface area contributed by atoms with Crippen molar-refractivity contribution < 1.29 is 48.3 Å². The first-order chi connectivity index (χ1) is 24.1. The second-order valence-electron chi connectivity index (χ2n) is 14.8. The van der Waals surface area contributed by atoms with E-state index in [0.29, 0.717) is 12.8 Å². The number of rotatable bonds is 27. The van der Waals surface area contributed by atoms with Crippen molar-refractivity contribution in [1.29, 1.82) is 0 Å². The number of carbonyl (C=O) groups is 3. The lowest BCUT2D eigenvalue weighted by Crippen LogP contribution is -2.66. The first kappa shape index (κ1) is 48.2. The van der Waals surface area contributed by atoms with Crippen molar-refractivity contribution in [1.82, 2.24) is 5.32 Å². The molecule has 300 valence electrons. The number of esters is 2. The fourth-order valence-electron chi connectivity index (χ4n) is 5.70. The number of amides is 1. The standard InChI is InChI=1S/C36H66Cl3NO10Si/c1-6-8-10-12-13-14-15-17-18-20-27(48-29(42)21-19-16-11-9-7-2)24-30(43)50-33-31(40-35(45)47-26-36(37,38)39)34(46-22-23-51(3,4)5)49-28(25-41)32(33)44/h27-28,31-34,41,44H,6-26H2,1-5H3,(H,40,45)/t27-,28-,31-,32-,33-,34?/m1/s1. The number of ether oxygens (including phenoxy) is 5. The molecule has 1 amide bonds. The van der Waals surface area contributed by atoms with Crippen LogP contribution in [0.3, 0.4) is 0 Å². The third-order valence-corrected chi connectivity index (χ3v) is 10.7. The molecule has 6 atom stereocenters. The van der Waals surface area contributed by atoms with E-state index in [1.54, 1.807) is 0 Å². The summed E-state index contributed by atoms with van der Waals surface area (Å²) in [5.74, 6) is -1.12. The third-order valence-electron chi connectivity index (χ3n) is 8.71. The number of nitrogens with one attached hydrogen (secondary N) is 1. The maximum Gasteiger partial charge on any atom is 0.407 e. The largest absolute Gasteiger partial charge is 0.462 e. The minimum atomic E-state index is -1.88. The number of halogens is 3. The lowest BCUT2D eigenvalue weighted by molar-refractivity contribution is -0.272. The van der Waals surface area contributed by atoms with Gasteiger partial charge in [-0.25, -0.2) is 4.79 Å². The van der Waals surface area contributed by atoms with Crippen molar-refractivity contribution >= 4 is 60.9 Å². The van der Waals surface area contributed by atoms with Gasteiger partial charge in [0.15, 0.2) is 12.4 Å². The number of hydrogen-bond donors (Lipinski definition) is 3. The Morgan fingerprint density at radius 3 is 1.98 bits per heavy atom. The van der Waals surface area contributed by atoms with Gasteiger partial charge in [0, 0.05) is 21.1 Å². The zero-order valence-electron chi connectivity index (χ0n) is 31.6. The highest BCUT2D eigenvalue weighted by atomic mass is 35.6. The molecule has 15 heteroatoms. The molecule has 51 heavy (non-hydrogen) atoms. The summed E-state index contributed by atoms with van der Waals surface area (Å²) in [5, 5.41) is 23.7. The molecule has 0 aromatic heterocycles. The van der Waals surface area contributed by atoms with Gasteiger partial charge in [-0.3, -0.25) is 9.59 Å². The van der Waals surface area contributed by atoms with E-state index in [9.17, 15) is 24.6 Å². The molecule has 0 aromatic rings. The monoisotopic (exact) mass is 805 g/mol. The van der Waals surface area contributed by atoms with E-state index in [1.165, 1.54) is 32.1 Å². The topological polar surface area (TPSA) is 150 Å². The second kappa shape index (κ2) is 26.8. The van der Waals surface area contributed by atoms with Crippen LogP contribution >= 0.6 is 34.8 Å². The van der Waals surface area contributed by atoms with Crippen LogP contribution in [0.1, 0.15) is 123 Å². The number of aliphatic hydroxyl groups is 2. The van der Waals surface area contributed by atoms with Gasteiger partial charge in [0.1, 0.15) is 31.0 Å². The van der Waals surface area contributed by atoms with Crippen LogP contribution in [0.15, 0.2) is 0 Å². The lowest BCUT2D eigenvalue weighted by Gasteiger charge is -2.43. The Morgan fingerprint density at radius 2 is 1.43 bits per heavy atom. The van der Waals surface area contributed by atoms with Crippen LogP contribution in [0.2, 0.25) is 25.7 Å². The summed E-state index contributed by atoms with van der Waals surface area (Å²) < 4.78 is 26.6. The van der Waals surface area contributed by atoms with Gasteiger partial charge in [-0.05, 0) is 25.3 Å². The average Bonchev–Trinajstić information content (AvgIpc) is 3.04. The Balaban J connectivity index is 3.06. The van der Waals surface area contributed by atoms with Crippen LogP contribution in [0.4, 0.5) is 4.79 Å². The number of alkyl halides is 3. The van der Waals surface area contributed by atoms with E-state index in [4.69, 9.17) is 58.5 Å². The predicted molar refractivity (Wildman–Crippen MR) is 204 cm³/mol. The molecule has 1 saturated heterocycles. The zero-order valence-corrected chi connectivity index (χ0v) is 34.9. The molecule has 0 saturated carbocycles. The van der Waals surface area contributed by atoms with Crippen molar-refractivity contribution in [3.63, 3.8) is 0 Å². The first-order valence-corrected chi connectivity index (χ1v) is 23.9. The van der Waals surface area contributed by atoms with Crippen LogP contribution in [-0.2, 0) is 33.3 Å². The SMILES string of the molecule is CCCCCCCCCCC[C@H](CC(=O)O[C@H]1[C@H](O)[C@@H](CO)OC(OCC[Si](C)(C)C)[C@@H]1NC(=O)OCC(Cl)(Cl)Cl)OC(=O)CCCCCCC. The maximum atomic E-state index is 13.5. The van der Waals surface area contributed by atoms with Gasteiger partial charge >= 0.3 is 18.0 Å². The van der Waals surface area contributed by atoms with Gasteiger partial charge in [0.2, 0.25) is 3.79 Å². The number of unbranched alkanes of at least 4 members (excludes halogenated alkanes) is 12. The molecule has 1 fully saturated rings. The Kier molecular flexibility index (Phi) is 25.3. The fourth-order valence-corrected chi connectivity index (χ4v) is 6.59. The highest BCUT2D eigenvalue weighted by Crippen LogP contribution is 2.28. The molecule has 1 heterocycles. The minimum absolute atomic E-state index is 0.252. The number of hydrogen-bond acceptors (Lipinski definition) is 10. The Hall–Kier alpha value is -0.863. The summed E-state index contributed by atoms with van der Waals surface area (Å²) in [5.41, 5.74) is 0. The predicted octanol–water partition coefficient (Wildman–Crippen LogP) is 8.38. The first-order valence-electron chi connectivity index (χ1n) is 19.0. The summed E-state index contributed by atoms with van der Waals surface area (Å²) in [7, 11) is -1.55. The maximum absolute atomic E-state index is 13.5. The van der Waals surface area contributed by atoms with Crippen molar-refractivity contribution in [3.05, 3.63) is 0 Å². The van der Waals surface area contributed by atoms with Crippen molar-refractivity contribution in [3.8, 4) is 0 Å². The molecule has 1 rings (SSSR count). The van der Waals surface area contributed by atoms with Gasteiger partial charge in [0.25, 0.3) is 0 Å². The van der Waals surface area contributed by atoms with E-state index in [-0.39, 0.29) is 25.4 Å². The summed E-state index contributed by atoms with van der Waals surface area (Å²) in [6.45, 7) is 9.90. The second-order valence-corrected chi connectivity index (χ2v) is 22.9. The smallest absolute Gasteiger partial charge is 0.407 e. The van der Waals surface area contributed by atoms with Crippen LogP contribution in [0.25, 0.3) is 0 Å².